The first-order valence-corrected chi connectivity index (χ1v) is 8.12. The summed E-state index contributed by atoms with van der Waals surface area (Å²) in [4.78, 5) is 16.8. The maximum atomic E-state index is 12.3. The maximum Gasteiger partial charge on any atom is 0.229 e. The average Bonchev–Trinajstić information content (AvgIpc) is 3.33. The molecule has 1 atom stereocenters. The van der Waals surface area contributed by atoms with Crippen LogP contribution in [0.2, 0.25) is 0 Å². The molecule has 0 aromatic carbocycles. The molecule has 0 bridgehead atoms. The van der Waals surface area contributed by atoms with Gasteiger partial charge in [0.05, 0.1) is 5.69 Å². The van der Waals surface area contributed by atoms with Crippen LogP contribution >= 0.6 is 11.3 Å². The van der Waals surface area contributed by atoms with Crippen molar-refractivity contribution in [1.29, 1.82) is 0 Å². The van der Waals surface area contributed by atoms with Crippen molar-refractivity contribution in [2.75, 3.05) is 18.4 Å². The Morgan fingerprint density at radius 3 is 2.95 bits per heavy atom. The minimum atomic E-state index is 0.193. The quantitative estimate of drug-likeness (QED) is 0.891. The van der Waals surface area contributed by atoms with E-state index in [4.69, 9.17) is 0 Å². The monoisotopic (exact) mass is 277 g/mol. The van der Waals surface area contributed by atoms with Gasteiger partial charge in [-0.3, -0.25) is 4.79 Å². The first-order chi connectivity index (χ1) is 9.27. The van der Waals surface area contributed by atoms with Crippen molar-refractivity contribution in [3.63, 3.8) is 0 Å². The third-order valence-corrected chi connectivity index (χ3v) is 5.63. The van der Waals surface area contributed by atoms with Gasteiger partial charge >= 0.3 is 0 Å². The zero-order chi connectivity index (χ0) is 12.9. The minimum Gasteiger partial charge on any atom is -0.317 e. The lowest BCUT2D eigenvalue weighted by Crippen LogP contribution is -2.31. The summed E-state index contributed by atoms with van der Waals surface area (Å²) < 4.78 is 0. The summed E-state index contributed by atoms with van der Waals surface area (Å²) in [5.74, 6) is 1.08. The SMILES string of the molecule is O=C(Nc1nc(C2CC2)cs1)[C@@H]1CC12CCNCC2. The number of nitrogens with zero attached hydrogens (tertiary/aromatic N) is 1. The Bertz CT molecular complexity index is 503. The van der Waals surface area contributed by atoms with Crippen LogP contribution in [0.15, 0.2) is 5.38 Å². The van der Waals surface area contributed by atoms with Gasteiger partial charge in [0, 0.05) is 17.2 Å². The molecule has 1 aromatic rings. The molecule has 19 heavy (non-hydrogen) atoms. The largest absolute Gasteiger partial charge is 0.317 e. The van der Waals surface area contributed by atoms with Crippen LogP contribution in [-0.4, -0.2) is 24.0 Å². The summed E-state index contributed by atoms with van der Waals surface area (Å²) in [5.41, 5.74) is 1.49. The van der Waals surface area contributed by atoms with Crippen LogP contribution in [0.1, 0.15) is 43.7 Å². The molecule has 2 N–H and O–H groups in total. The Morgan fingerprint density at radius 1 is 1.42 bits per heavy atom. The third kappa shape index (κ3) is 2.19. The van der Waals surface area contributed by atoms with E-state index >= 15 is 0 Å². The van der Waals surface area contributed by atoms with E-state index in [2.05, 4.69) is 21.0 Å². The number of rotatable bonds is 3. The second kappa shape index (κ2) is 4.28. The van der Waals surface area contributed by atoms with Gasteiger partial charge in [-0.2, -0.15) is 0 Å². The second-order valence-corrected chi connectivity index (χ2v) is 7.07. The fourth-order valence-electron chi connectivity index (χ4n) is 3.30. The van der Waals surface area contributed by atoms with Gasteiger partial charge in [0.15, 0.2) is 5.13 Å². The Hall–Kier alpha value is -0.940. The summed E-state index contributed by atoms with van der Waals surface area (Å²) >= 11 is 1.57. The highest BCUT2D eigenvalue weighted by Gasteiger charge is 2.57. The Morgan fingerprint density at radius 2 is 2.21 bits per heavy atom. The van der Waals surface area contributed by atoms with Crippen molar-refractivity contribution >= 4 is 22.4 Å². The lowest BCUT2D eigenvalue weighted by Gasteiger charge is -2.22. The van der Waals surface area contributed by atoms with Crippen molar-refractivity contribution in [3.8, 4) is 0 Å². The number of hydrogen-bond acceptors (Lipinski definition) is 4. The number of aromatic nitrogens is 1. The number of thiazole rings is 1. The van der Waals surface area contributed by atoms with Gasteiger partial charge in [0.2, 0.25) is 5.91 Å². The highest BCUT2D eigenvalue weighted by atomic mass is 32.1. The van der Waals surface area contributed by atoms with Crippen molar-refractivity contribution < 1.29 is 4.79 Å². The van der Waals surface area contributed by atoms with Gasteiger partial charge in [-0.25, -0.2) is 4.98 Å². The zero-order valence-corrected chi connectivity index (χ0v) is 11.8. The van der Waals surface area contributed by atoms with Gasteiger partial charge in [-0.1, -0.05) is 0 Å². The van der Waals surface area contributed by atoms with Crippen molar-refractivity contribution in [3.05, 3.63) is 11.1 Å². The predicted octanol–water partition coefficient (Wildman–Crippen LogP) is 2.35. The van der Waals surface area contributed by atoms with Crippen LogP contribution in [0.4, 0.5) is 5.13 Å². The number of carbonyl (C=O) groups excluding carboxylic acids is 1. The van der Waals surface area contributed by atoms with E-state index in [-0.39, 0.29) is 11.8 Å². The topological polar surface area (TPSA) is 54.0 Å². The fraction of sp³-hybridized carbons (Fsp3) is 0.714. The molecule has 2 heterocycles. The van der Waals surface area contributed by atoms with E-state index < -0.39 is 0 Å². The molecule has 1 aliphatic heterocycles. The number of amides is 1. The summed E-state index contributed by atoms with van der Waals surface area (Å²) in [5, 5.41) is 9.29. The summed E-state index contributed by atoms with van der Waals surface area (Å²) in [6.07, 6.45) is 5.89. The Kier molecular flexibility index (Phi) is 2.67. The van der Waals surface area contributed by atoms with Crippen LogP contribution < -0.4 is 10.6 Å². The lowest BCUT2D eigenvalue weighted by molar-refractivity contribution is -0.118. The van der Waals surface area contributed by atoms with E-state index in [1.807, 2.05) is 0 Å². The summed E-state index contributed by atoms with van der Waals surface area (Å²) in [6, 6.07) is 0. The molecule has 0 radical (unpaired) electrons. The summed E-state index contributed by atoms with van der Waals surface area (Å²) in [7, 11) is 0. The zero-order valence-electron chi connectivity index (χ0n) is 10.9. The molecule has 3 aliphatic rings. The first kappa shape index (κ1) is 11.9. The van der Waals surface area contributed by atoms with Crippen LogP contribution in [-0.2, 0) is 4.79 Å². The molecule has 4 rings (SSSR count). The van der Waals surface area contributed by atoms with Crippen molar-refractivity contribution in [2.45, 2.75) is 38.0 Å². The standard InChI is InChI=1S/C14H19N3OS/c18-12(10-7-14(10)3-5-15-6-4-14)17-13-16-11(8-19-13)9-1-2-9/h8-10,15H,1-7H2,(H,16,17,18)/t10-/m0/s1. The first-order valence-electron chi connectivity index (χ1n) is 7.24. The van der Waals surface area contributed by atoms with Gasteiger partial charge in [0.1, 0.15) is 0 Å². The lowest BCUT2D eigenvalue weighted by atomic mass is 9.92. The van der Waals surface area contributed by atoms with E-state index in [1.165, 1.54) is 18.5 Å². The highest BCUT2D eigenvalue weighted by Crippen LogP contribution is 2.58. The average molecular weight is 277 g/mol. The molecule has 2 aliphatic carbocycles. The molecule has 2 saturated carbocycles. The smallest absolute Gasteiger partial charge is 0.229 e. The minimum absolute atomic E-state index is 0.193. The van der Waals surface area contributed by atoms with E-state index in [1.54, 1.807) is 11.3 Å². The number of anilines is 1. The molecular weight excluding hydrogens is 258 g/mol. The van der Waals surface area contributed by atoms with Crippen LogP contribution in [0.3, 0.4) is 0 Å². The molecule has 1 saturated heterocycles. The van der Waals surface area contributed by atoms with Gasteiger partial charge in [-0.15, -0.1) is 11.3 Å². The van der Waals surface area contributed by atoms with Gasteiger partial charge < -0.3 is 10.6 Å². The predicted molar refractivity (Wildman–Crippen MR) is 75.4 cm³/mol. The molecule has 3 fully saturated rings. The molecule has 102 valence electrons. The van der Waals surface area contributed by atoms with Crippen LogP contribution in [0.5, 0.6) is 0 Å². The second-order valence-electron chi connectivity index (χ2n) is 6.21. The third-order valence-electron chi connectivity index (χ3n) is 4.85. The summed E-state index contributed by atoms with van der Waals surface area (Å²) in [6.45, 7) is 2.12. The maximum absolute atomic E-state index is 12.3. The van der Waals surface area contributed by atoms with Crippen LogP contribution in [0.25, 0.3) is 0 Å². The van der Waals surface area contributed by atoms with Crippen molar-refractivity contribution in [2.24, 2.45) is 11.3 Å². The molecule has 1 spiro atoms. The van der Waals surface area contributed by atoms with Crippen LogP contribution in [0, 0.1) is 11.3 Å². The molecule has 1 aromatic heterocycles. The van der Waals surface area contributed by atoms with Gasteiger partial charge in [-0.05, 0) is 50.6 Å². The normalized spacial score (nSPS) is 28.3. The number of carbonyl (C=O) groups is 1. The highest BCUT2D eigenvalue weighted by molar-refractivity contribution is 7.13. The van der Waals surface area contributed by atoms with Gasteiger partial charge in [0.25, 0.3) is 0 Å². The van der Waals surface area contributed by atoms with Crippen molar-refractivity contribution in [1.82, 2.24) is 10.3 Å². The molecule has 0 unspecified atom stereocenters. The fourth-order valence-corrected chi connectivity index (χ4v) is 4.09. The molecule has 4 nitrogen and oxygen atoms in total. The Labute approximate surface area is 117 Å². The van der Waals surface area contributed by atoms with E-state index in [0.717, 1.165) is 37.5 Å². The van der Waals surface area contributed by atoms with E-state index in [9.17, 15) is 4.79 Å². The Balaban J connectivity index is 1.38. The molecular formula is C14H19N3OS. The number of nitrogens with one attached hydrogen (secondary N) is 2. The number of hydrogen-bond donors (Lipinski definition) is 2. The number of piperidine rings is 1. The van der Waals surface area contributed by atoms with E-state index in [0.29, 0.717) is 11.3 Å². The molecule has 1 amide bonds. The molecule has 5 heteroatoms.